The summed E-state index contributed by atoms with van der Waals surface area (Å²) in [5.74, 6) is -6.42. The van der Waals surface area contributed by atoms with Crippen molar-refractivity contribution in [3.8, 4) is 18.2 Å². The maximum Gasteiger partial charge on any atom is 0.350 e. The Morgan fingerprint density at radius 2 is 0.598 bits per heavy atom. The highest BCUT2D eigenvalue weighted by atomic mass is 32.2. The molecule has 97 heavy (non-hydrogen) atoms. The van der Waals surface area contributed by atoms with Crippen molar-refractivity contribution < 1.29 is 71.8 Å². The molecule has 528 valence electrons. The predicted molar refractivity (Wildman–Crippen MR) is 361 cm³/mol. The van der Waals surface area contributed by atoms with Crippen LogP contribution in [0.2, 0.25) is 0 Å². The van der Waals surface area contributed by atoms with E-state index in [-0.39, 0.29) is 70.4 Å². The van der Waals surface area contributed by atoms with E-state index in [2.05, 4.69) is 23.1 Å². The third-order valence-electron chi connectivity index (χ3n) is 19.3. The molecule has 0 aromatic carbocycles. The molecule has 4 heterocycles. The molecule has 8 rings (SSSR count). The molecule has 4 fully saturated rings. The van der Waals surface area contributed by atoms with Crippen LogP contribution in [0, 0.1) is 67.6 Å². The van der Waals surface area contributed by atoms with Gasteiger partial charge in [0.25, 0.3) is 0 Å². The van der Waals surface area contributed by atoms with Crippen LogP contribution in [0.25, 0.3) is 4.85 Å². The van der Waals surface area contributed by atoms with E-state index in [1.807, 2.05) is 75.0 Å². The maximum atomic E-state index is 15.3. The molecule has 0 radical (unpaired) electrons. The average Bonchev–Trinajstić information content (AvgIpc) is 1.45. The van der Waals surface area contributed by atoms with Crippen LogP contribution in [0.1, 0.15) is 158 Å². The Labute approximate surface area is 572 Å². The Morgan fingerprint density at radius 1 is 0.392 bits per heavy atom. The van der Waals surface area contributed by atoms with Crippen LogP contribution in [0.15, 0.2) is 87.1 Å². The first kappa shape index (κ1) is 75.5. The van der Waals surface area contributed by atoms with Crippen molar-refractivity contribution in [1.82, 2.24) is 19.6 Å². The number of hydrogen-bond donors (Lipinski definition) is 0. The van der Waals surface area contributed by atoms with Gasteiger partial charge in [-0.25, -0.2) is 57.7 Å². The summed E-state index contributed by atoms with van der Waals surface area (Å²) in [4.78, 5) is 69.0. The van der Waals surface area contributed by atoms with Gasteiger partial charge in [-0.3, -0.25) is 0 Å². The minimum atomic E-state index is -4.73. The molecule has 0 unspecified atom stereocenters. The van der Waals surface area contributed by atoms with Gasteiger partial charge in [-0.2, -0.15) is 15.8 Å². The van der Waals surface area contributed by atoms with Crippen molar-refractivity contribution in [2.45, 2.75) is 158 Å². The van der Waals surface area contributed by atoms with Crippen molar-refractivity contribution in [1.29, 1.82) is 15.8 Å². The number of ether oxygens (including phenoxy) is 4. The Kier molecular flexibility index (Phi) is 22.2. The molecule has 8 aliphatic rings. The number of nitriles is 3. The van der Waals surface area contributed by atoms with Crippen LogP contribution in [0.4, 0.5) is 0 Å². The second kappa shape index (κ2) is 28.5. The van der Waals surface area contributed by atoms with Crippen molar-refractivity contribution >= 4 is 63.2 Å². The van der Waals surface area contributed by atoms with Crippen molar-refractivity contribution in [2.75, 3.05) is 104 Å². The first-order valence-corrected chi connectivity index (χ1v) is 40.5. The lowest BCUT2D eigenvalue weighted by atomic mass is 9.73. The summed E-state index contributed by atoms with van der Waals surface area (Å²) in [6.45, 7) is 22.1. The van der Waals surface area contributed by atoms with Gasteiger partial charge in [-0.15, -0.1) is 0 Å². The lowest BCUT2D eigenvalue weighted by Crippen LogP contribution is -2.45. The Hall–Kier alpha value is -7.24. The molecule has 0 aromatic rings. The van der Waals surface area contributed by atoms with Gasteiger partial charge in [0.1, 0.15) is 55.0 Å². The summed E-state index contributed by atoms with van der Waals surface area (Å²) in [5, 5.41) is 32.7. The minimum Gasteiger partial charge on any atom is -0.461 e. The highest BCUT2D eigenvalue weighted by molar-refractivity contribution is 7.96. The largest absolute Gasteiger partial charge is 0.461 e. The number of allylic oxidation sites excluding steroid dienone is 11. The maximum absolute atomic E-state index is 15.3. The molecule has 4 aliphatic heterocycles. The van der Waals surface area contributed by atoms with Gasteiger partial charge in [-0.1, -0.05) is 55.4 Å². The fraction of sp³-hybridized carbons (Fsp3) is 0.652. The van der Waals surface area contributed by atoms with Crippen LogP contribution in [0.3, 0.4) is 0 Å². The molecule has 0 bridgehead atoms. The second-order valence-electron chi connectivity index (χ2n) is 30.7. The number of sulfone groups is 4. The van der Waals surface area contributed by atoms with Gasteiger partial charge < -0.3 is 38.5 Å². The van der Waals surface area contributed by atoms with E-state index >= 15 is 19.2 Å². The fourth-order valence-corrected chi connectivity index (χ4v) is 19.0. The van der Waals surface area contributed by atoms with Gasteiger partial charge >= 0.3 is 23.9 Å². The van der Waals surface area contributed by atoms with Gasteiger partial charge in [0, 0.05) is 100 Å². The molecule has 0 aromatic heterocycles. The monoisotopic (exact) mass is 1420 g/mol. The van der Waals surface area contributed by atoms with Crippen LogP contribution in [-0.4, -0.2) is 181 Å². The summed E-state index contributed by atoms with van der Waals surface area (Å²) < 4.78 is 139. The van der Waals surface area contributed by atoms with E-state index in [9.17, 15) is 49.5 Å². The van der Waals surface area contributed by atoms with Crippen LogP contribution < -0.4 is 0 Å². The SMILES string of the molecule is [C-]#[N+]C1=C(N2CCCC2)CC(C)(C)C/C1=C(\C(=O)OCC(COC(=O)/C(=C1\CC(C)(C)CC(N2CCCC2)=C1C#N)S(C)(=O)=O)(COC(=O)/C(=C1\CC(C)(C)CC(N2CCCC2)=C1C#N)S(C)(=O)=O)COC(=O)/C(=C1/CC(C)(C)CC(N2CCCC2)=C1C#N)S(C)(=O)=O)S(C)(=O)=O. The van der Waals surface area contributed by atoms with Gasteiger partial charge in [0.05, 0.1) is 23.3 Å². The molecule has 0 N–H and O–H groups in total. The highest BCUT2D eigenvalue weighted by Gasteiger charge is 2.48. The molecule has 28 heteroatoms. The fourth-order valence-electron chi connectivity index (χ4n) is 15.1. The van der Waals surface area contributed by atoms with E-state index in [1.54, 1.807) is 0 Å². The second-order valence-corrected chi connectivity index (χ2v) is 38.5. The van der Waals surface area contributed by atoms with Crippen LogP contribution in [0.5, 0.6) is 0 Å². The van der Waals surface area contributed by atoms with Crippen molar-refractivity contribution in [2.24, 2.45) is 27.1 Å². The third kappa shape index (κ3) is 17.3. The highest BCUT2D eigenvalue weighted by Crippen LogP contribution is 2.50. The van der Waals surface area contributed by atoms with Crippen molar-refractivity contribution in [3.63, 3.8) is 0 Å². The normalized spacial score (nSPS) is 23.7. The van der Waals surface area contributed by atoms with Gasteiger partial charge in [0.15, 0.2) is 54.1 Å². The first-order valence-electron chi connectivity index (χ1n) is 32.9. The Balaban J connectivity index is 1.37. The lowest BCUT2D eigenvalue weighted by molar-refractivity contribution is -0.164. The molecule has 4 saturated heterocycles. The molecule has 0 spiro atoms. The zero-order valence-electron chi connectivity index (χ0n) is 58.0. The standard InChI is InChI=1S/C69H92N8O16S4/c1-65(2)30-45(49(38-70)52(34-65)74-22-14-15-23-74)57(94(10,82)83)61(78)90-41-69(42-91-62(79)58(95(11,84)85)46-31-66(3,4)35-53(50(46)39-71)75-24-16-17-25-75,43-92-63(80)59(96(12,86)87)47-32-67(5,6)36-54(51(47)40-72)76-26-18-19-27-76)44-93-64(81)60(97(13,88)89)48-33-68(7,8)37-55(56(48)73-9)77-28-20-21-29-77/h14-37,41-44H2,1-8,10-13H3/b57-45-,58-46-,59-47+,60-48-. The number of carbonyl (C=O) groups excluding carboxylic acids is 4. The van der Waals surface area contributed by atoms with E-state index in [0.717, 1.165) is 76.4 Å². The molecular formula is C69H92N8O16S4. The summed E-state index contributed by atoms with van der Waals surface area (Å²) in [6, 6.07) is 6.41. The van der Waals surface area contributed by atoms with Crippen LogP contribution in [-0.2, 0) is 77.5 Å². The van der Waals surface area contributed by atoms with E-state index in [0.29, 0.717) is 101 Å². The molecule has 0 atom stereocenters. The smallest absolute Gasteiger partial charge is 0.350 e. The molecule has 0 saturated carbocycles. The third-order valence-corrected chi connectivity index (χ3v) is 23.9. The molecule has 24 nitrogen and oxygen atoms in total. The average molecular weight is 1420 g/mol. The number of hydrogen-bond acceptors (Lipinski definition) is 23. The van der Waals surface area contributed by atoms with E-state index in [1.165, 1.54) is 0 Å². The van der Waals surface area contributed by atoms with Crippen LogP contribution >= 0.6 is 0 Å². The quantitative estimate of drug-likeness (QED) is 0.0477. The number of rotatable bonds is 20. The van der Waals surface area contributed by atoms with Gasteiger partial charge in [-0.05, 0) is 147 Å². The zero-order valence-corrected chi connectivity index (χ0v) is 61.3. The number of carbonyl (C=O) groups is 4. The van der Waals surface area contributed by atoms with Gasteiger partial charge in [0.2, 0.25) is 5.70 Å². The first-order chi connectivity index (χ1) is 45.0. The predicted octanol–water partition coefficient (Wildman–Crippen LogP) is 8.47. The summed E-state index contributed by atoms with van der Waals surface area (Å²) in [6.07, 6.45) is 9.89. The molecular weight excluding hydrogens is 1330 g/mol. The van der Waals surface area contributed by atoms with E-state index in [4.69, 9.17) is 25.5 Å². The number of nitrogens with zero attached hydrogens (tertiary/aromatic N) is 8. The Morgan fingerprint density at radius 3 is 0.814 bits per heavy atom. The summed E-state index contributed by atoms with van der Waals surface area (Å²) in [7, 11) is -18.9. The van der Waals surface area contributed by atoms with E-state index < -0.39 is 136 Å². The summed E-state index contributed by atoms with van der Waals surface area (Å²) >= 11 is 0. The zero-order chi connectivity index (χ0) is 71.8. The minimum absolute atomic E-state index is 0.0913. The summed E-state index contributed by atoms with van der Waals surface area (Å²) in [5.41, 5.74) is -4.81. The molecule has 0 amide bonds. The lowest BCUT2D eigenvalue weighted by Gasteiger charge is -2.38. The number of esters is 4. The molecule has 4 aliphatic carbocycles. The van der Waals surface area contributed by atoms with Crippen molar-refractivity contribution in [3.05, 3.63) is 98.5 Å². The Bertz CT molecular complexity index is 3680. The topological polar surface area (TPSA) is 330 Å². The number of likely N-dealkylation sites (tertiary alicyclic amines) is 4.